The number of halogens is 2. The van der Waals surface area contributed by atoms with Gasteiger partial charge in [-0.2, -0.15) is 0 Å². The standard InChI is InChI=1S/C34H26ClFN2O5S/c1-19-30(33(40)42-3)31(25-16-22(35)13-15-27(25)41-2)38-32(39)29(44-34(38)37-19)17-24-23-10-6-4-8-20(23)12-14-28(24)43-18-21-9-5-7-11-26(21)36/h4-17,31H,18H2,1-3H3/b29-17-/t31-/m0/s1. The number of benzene rings is 4. The average Bonchev–Trinajstić information content (AvgIpc) is 3.34. The number of carbonyl (C=O) groups is 1. The molecule has 5 aromatic rings. The second kappa shape index (κ2) is 12.1. The minimum absolute atomic E-state index is 0.00332. The van der Waals surface area contributed by atoms with Crippen LogP contribution in [0.3, 0.4) is 0 Å². The maximum atomic E-state index is 14.4. The molecule has 6 rings (SSSR count). The summed E-state index contributed by atoms with van der Waals surface area (Å²) in [5, 5.41) is 2.20. The molecular weight excluding hydrogens is 603 g/mol. The molecule has 44 heavy (non-hydrogen) atoms. The fourth-order valence-corrected chi connectivity index (χ4v) is 6.57. The van der Waals surface area contributed by atoms with E-state index in [1.54, 1.807) is 49.4 Å². The van der Waals surface area contributed by atoms with Crippen molar-refractivity contribution < 1.29 is 23.4 Å². The lowest BCUT2D eigenvalue weighted by Gasteiger charge is -2.25. The molecule has 1 aromatic heterocycles. The minimum atomic E-state index is -0.904. The Labute approximate surface area is 260 Å². The van der Waals surface area contributed by atoms with Crippen molar-refractivity contribution in [3.63, 3.8) is 0 Å². The number of ether oxygens (including phenoxy) is 3. The molecule has 1 aliphatic heterocycles. The highest BCUT2D eigenvalue weighted by Crippen LogP contribution is 2.37. The van der Waals surface area contributed by atoms with Crippen molar-refractivity contribution >= 4 is 45.8 Å². The fraction of sp³-hybridized carbons (Fsp3) is 0.147. The molecule has 0 saturated carbocycles. The zero-order valence-corrected chi connectivity index (χ0v) is 25.5. The molecule has 0 aliphatic carbocycles. The first-order valence-electron chi connectivity index (χ1n) is 13.6. The number of rotatable bonds is 7. The van der Waals surface area contributed by atoms with Crippen LogP contribution in [0.4, 0.5) is 4.39 Å². The molecule has 1 aliphatic rings. The minimum Gasteiger partial charge on any atom is -0.496 e. The first-order valence-corrected chi connectivity index (χ1v) is 14.8. The lowest BCUT2D eigenvalue weighted by Crippen LogP contribution is -2.40. The van der Waals surface area contributed by atoms with Gasteiger partial charge in [-0.25, -0.2) is 14.2 Å². The molecule has 1 atom stereocenters. The van der Waals surface area contributed by atoms with Crippen LogP contribution in [-0.4, -0.2) is 24.8 Å². The van der Waals surface area contributed by atoms with Crippen LogP contribution in [0, 0.1) is 5.82 Å². The molecular formula is C34H26ClFN2O5S. The molecule has 222 valence electrons. The van der Waals surface area contributed by atoms with Gasteiger partial charge in [0, 0.05) is 21.7 Å². The molecule has 2 heterocycles. The summed E-state index contributed by atoms with van der Waals surface area (Å²) in [6.45, 7) is 1.70. The summed E-state index contributed by atoms with van der Waals surface area (Å²) in [7, 11) is 2.79. The molecule has 0 bridgehead atoms. The first-order chi connectivity index (χ1) is 21.3. The Balaban J connectivity index is 1.57. The van der Waals surface area contributed by atoms with Crippen LogP contribution in [-0.2, 0) is 16.1 Å². The molecule has 7 nitrogen and oxygen atoms in total. The molecule has 4 aromatic carbocycles. The Bertz CT molecular complexity index is 2150. The summed E-state index contributed by atoms with van der Waals surface area (Å²) < 4.78 is 33.1. The van der Waals surface area contributed by atoms with Crippen LogP contribution in [0.15, 0.2) is 99.9 Å². The largest absolute Gasteiger partial charge is 0.496 e. The molecule has 10 heteroatoms. The second-order valence-electron chi connectivity index (χ2n) is 10.0. The van der Waals surface area contributed by atoms with Crippen LogP contribution < -0.4 is 24.4 Å². The third-order valence-corrected chi connectivity index (χ3v) is 8.68. The average molecular weight is 629 g/mol. The maximum Gasteiger partial charge on any atom is 0.338 e. The van der Waals surface area contributed by atoms with Gasteiger partial charge in [-0.1, -0.05) is 71.5 Å². The van der Waals surface area contributed by atoms with E-state index in [4.69, 9.17) is 25.8 Å². The number of carbonyl (C=O) groups excluding carboxylic acids is 1. The normalized spacial score (nSPS) is 14.8. The molecule has 0 amide bonds. The van der Waals surface area contributed by atoms with Gasteiger partial charge < -0.3 is 14.2 Å². The van der Waals surface area contributed by atoms with Gasteiger partial charge in [-0.05, 0) is 54.1 Å². The molecule has 0 saturated heterocycles. The number of thiazole rings is 1. The third kappa shape index (κ3) is 5.29. The quantitative estimate of drug-likeness (QED) is 0.209. The molecule has 0 spiro atoms. The van der Waals surface area contributed by atoms with Crippen LogP contribution in [0.25, 0.3) is 16.8 Å². The Morgan fingerprint density at radius 3 is 2.57 bits per heavy atom. The Hall–Kier alpha value is -4.73. The van der Waals surface area contributed by atoms with E-state index in [1.165, 1.54) is 36.2 Å². The summed E-state index contributed by atoms with van der Waals surface area (Å²) in [6.07, 6.45) is 1.76. The number of aromatic nitrogens is 1. The van der Waals surface area contributed by atoms with E-state index in [0.29, 0.717) is 48.2 Å². The van der Waals surface area contributed by atoms with E-state index < -0.39 is 12.0 Å². The van der Waals surface area contributed by atoms with Crippen LogP contribution >= 0.6 is 22.9 Å². The topological polar surface area (TPSA) is 79.1 Å². The predicted octanol–water partition coefficient (Wildman–Crippen LogP) is 5.94. The summed E-state index contributed by atoms with van der Waals surface area (Å²) in [5.41, 5.74) is 1.82. The SMILES string of the molecule is COC(=O)C1=C(C)N=c2s/c(=C\c3c(OCc4ccccc4F)ccc4ccccc34)c(=O)n2[C@H]1c1cc(Cl)ccc1OC. The number of allylic oxidation sites excluding steroid dienone is 1. The zero-order chi connectivity index (χ0) is 31.0. The Morgan fingerprint density at radius 2 is 1.80 bits per heavy atom. The van der Waals surface area contributed by atoms with Crippen molar-refractivity contribution in [3.05, 3.63) is 137 Å². The second-order valence-corrected chi connectivity index (χ2v) is 11.5. The van der Waals surface area contributed by atoms with Gasteiger partial charge in [-0.3, -0.25) is 9.36 Å². The predicted molar refractivity (Wildman–Crippen MR) is 168 cm³/mol. The molecule has 0 N–H and O–H groups in total. The summed E-state index contributed by atoms with van der Waals surface area (Å²) in [5.74, 6) is -0.0536. The lowest BCUT2D eigenvalue weighted by atomic mass is 9.95. The number of fused-ring (bicyclic) bond motifs is 2. The van der Waals surface area contributed by atoms with Crippen molar-refractivity contribution in [1.82, 2.24) is 4.57 Å². The monoisotopic (exact) mass is 628 g/mol. The third-order valence-electron chi connectivity index (χ3n) is 7.46. The van der Waals surface area contributed by atoms with Crippen LogP contribution in [0.1, 0.15) is 29.7 Å². The summed E-state index contributed by atoms with van der Waals surface area (Å²) in [4.78, 5) is 32.4. The van der Waals surface area contributed by atoms with Crippen molar-refractivity contribution in [3.8, 4) is 11.5 Å². The smallest absolute Gasteiger partial charge is 0.338 e. The highest BCUT2D eigenvalue weighted by Gasteiger charge is 2.35. The van der Waals surface area contributed by atoms with Gasteiger partial charge in [0.1, 0.15) is 30.0 Å². The van der Waals surface area contributed by atoms with E-state index in [1.807, 2.05) is 36.4 Å². The summed E-state index contributed by atoms with van der Waals surface area (Å²) >= 11 is 7.57. The highest BCUT2D eigenvalue weighted by atomic mass is 35.5. The van der Waals surface area contributed by atoms with Gasteiger partial charge in [0.05, 0.1) is 30.0 Å². The Morgan fingerprint density at radius 1 is 1.05 bits per heavy atom. The van der Waals surface area contributed by atoms with Crippen molar-refractivity contribution in [2.45, 2.75) is 19.6 Å². The number of hydrogen-bond acceptors (Lipinski definition) is 7. The van der Waals surface area contributed by atoms with Crippen molar-refractivity contribution in [2.75, 3.05) is 14.2 Å². The van der Waals surface area contributed by atoms with E-state index >= 15 is 0 Å². The fourth-order valence-electron chi connectivity index (χ4n) is 5.36. The lowest BCUT2D eigenvalue weighted by molar-refractivity contribution is -0.136. The van der Waals surface area contributed by atoms with Crippen molar-refractivity contribution in [1.29, 1.82) is 0 Å². The van der Waals surface area contributed by atoms with Crippen molar-refractivity contribution in [2.24, 2.45) is 4.99 Å². The van der Waals surface area contributed by atoms with E-state index in [2.05, 4.69) is 4.99 Å². The van der Waals surface area contributed by atoms with Gasteiger partial charge in [0.25, 0.3) is 5.56 Å². The van der Waals surface area contributed by atoms with Crippen LogP contribution in [0.5, 0.6) is 11.5 Å². The molecule has 0 unspecified atom stereocenters. The van der Waals surface area contributed by atoms with Gasteiger partial charge >= 0.3 is 5.97 Å². The van der Waals surface area contributed by atoms with Gasteiger partial charge in [0.15, 0.2) is 4.80 Å². The van der Waals surface area contributed by atoms with E-state index in [-0.39, 0.29) is 23.6 Å². The number of esters is 1. The summed E-state index contributed by atoms with van der Waals surface area (Å²) in [6, 6.07) is 22.0. The zero-order valence-electron chi connectivity index (χ0n) is 24.0. The Kier molecular flexibility index (Phi) is 8.07. The first kappa shape index (κ1) is 29.3. The van der Waals surface area contributed by atoms with Gasteiger partial charge in [-0.15, -0.1) is 0 Å². The number of methoxy groups -OCH3 is 2. The molecule has 0 radical (unpaired) electrons. The van der Waals surface area contributed by atoms with Gasteiger partial charge in [0.2, 0.25) is 0 Å². The molecule has 0 fully saturated rings. The van der Waals surface area contributed by atoms with Crippen LogP contribution in [0.2, 0.25) is 5.02 Å². The number of nitrogens with zero attached hydrogens (tertiary/aromatic N) is 2. The van der Waals surface area contributed by atoms with E-state index in [9.17, 15) is 14.0 Å². The highest BCUT2D eigenvalue weighted by molar-refractivity contribution is 7.07. The van der Waals surface area contributed by atoms with E-state index in [0.717, 1.165) is 10.8 Å². The number of hydrogen-bond donors (Lipinski definition) is 0. The maximum absolute atomic E-state index is 14.4.